The Hall–Kier alpha value is -3.34. The number of carboxylic acids is 1. The molecule has 0 bridgehead atoms. The van der Waals surface area contributed by atoms with Crippen LogP contribution in [0.4, 0.5) is 4.39 Å². The van der Waals surface area contributed by atoms with Gasteiger partial charge in [0, 0.05) is 11.0 Å². The van der Waals surface area contributed by atoms with Gasteiger partial charge in [-0.1, -0.05) is 44.5 Å². The summed E-state index contributed by atoms with van der Waals surface area (Å²) in [5.41, 5.74) is 6.01. The van der Waals surface area contributed by atoms with Crippen molar-refractivity contribution in [3.8, 4) is 22.6 Å². The first-order chi connectivity index (χ1) is 18.2. The Balaban J connectivity index is 1.30. The first-order valence-electron chi connectivity index (χ1n) is 13.7. The van der Waals surface area contributed by atoms with E-state index in [-0.39, 0.29) is 22.6 Å². The van der Waals surface area contributed by atoms with E-state index in [9.17, 15) is 9.90 Å². The highest BCUT2D eigenvalue weighted by atomic mass is 19.1. The summed E-state index contributed by atoms with van der Waals surface area (Å²) in [6.45, 7) is 5.01. The molecule has 1 N–H and O–H groups in total. The molecule has 0 aliphatic heterocycles. The predicted molar refractivity (Wildman–Crippen MR) is 145 cm³/mol. The third-order valence-electron chi connectivity index (χ3n) is 9.45. The number of hydrogen-bond donors (Lipinski definition) is 1. The molecule has 3 aliphatic carbocycles. The van der Waals surface area contributed by atoms with Gasteiger partial charge in [-0.05, 0) is 102 Å². The van der Waals surface area contributed by atoms with Crippen LogP contribution in [0.2, 0.25) is 0 Å². The summed E-state index contributed by atoms with van der Waals surface area (Å²) >= 11 is 0. The highest BCUT2D eigenvalue weighted by molar-refractivity contribution is 5.78. The number of benzene rings is 3. The van der Waals surface area contributed by atoms with E-state index in [1.54, 1.807) is 19.2 Å². The van der Waals surface area contributed by atoms with Crippen LogP contribution in [0.5, 0.6) is 11.5 Å². The van der Waals surface area contributed by atoms with Crippen LogP contribution in [0.1, 0.15) is 74.1 Å². The van der Waals surface area contributed by atoms with Crippen molar-refractivity contribution in [2.45, 2.75) is 70.3 Å². The summed E-state index contributed by atoms with van der Waals surface area (Å²) in [6, 6.07) is 17.3. The van der Waals surface area contributed by atoms with Gasteiger partial charge < -0.3 is 14.6 Å². The van der Waals surface area contributed by atoms with Gasteiger partial charge in [0.25, 0.3) is 0 Å². The molecule has 0 unspecified atom stereocenters. The molecule has 6 rings (SSSR count). The molecule has 0 saturated heterocycles. The average Bonchev–Trinajstić information content (AvgIpc) is 3.39. The second-order valence-corrected chi connectivity index (χ2v) is 12.1. The summed E-state index contributed by atoms with van der Waals surface area (Å²) in [6.07, 6.45) is 5.95. The highest BCUT2D eigenvalue weighted by Gasteiger charge is 2.61. The number of carboxylic acid groups (broad SMARTS) is 1. The molecular formula is C33H35FO4. The van der Waals surface area contributed by atoms with Crippen LogP contribution in [0.25, 0.3) is 11.1 Å². The molecule has 0 heterocycles. The maximum atomic E-state index is 15.1. The molecule has 1 spiro atoms. The fraction of sp³-hybridized carbons (Fsp3) is 0.424. The molecule has 0 aromatic heterocycles. The number of hydrogen-bond acceptors (Lipinski definition) is 3. The lowest BCUT2D eigenvalue weighted by Crippen LogP contribution is -2.17. The zero-order chi connectivity index (χ0) is 26.7. The number of carbonyl (C=O) groups is 1. The number of aryl methyl sites for hydroxylation is 1. The standard InChI is InChI=1S/C33H35FO4/c1-32(2)13-4-5-27(32)25-15-20(6-10-24(25)26-16-22(37-3)9-11-30(26)34)19-38-23-8-7-21-12-14-33(28(21)17-23)18-29(33)31(35)36/h6-11,15-17,27,29H,4-5,12-14,18-19H2,1-3H3,(H,35,36)/t27-,29+,33+/m0/s1. The molecular weight excluding hydrogens is 479 g/mol. The van der Waals surface area contributed by atoms with E-state index >= 15 is 4.39 Å². The van der Waals surface area contributed by atoms with Crippen molar-refractivity contribution in [2.75, 3.05) is 7.11 Å². The lowest BCUT2D eigenvalue weighted by molar-refractivity contribution is -0.139. The normalized spacial score (nSPS) is 24.8. The van der Waals surface area contributed by atoms with Gasteiger partial charge in [-0.3, -0.25) is 4.79 Å². The molecule has 38 heavy (non-hydrogen) atoms. The third-order valence-corrected chi connectivity index (χ3v) is 9.45. The molecule has 198 valence electrons. The minimum atomic E-state index is -0.695. The zero-order valence-corrected chi connectivity index (χ0v) is 22.4. The molecule has 0 amide bonds. The predicted octanol–water partition coefficient (Wildman–Crippen LogP) is 7.66. The highest BCUT2D eigenvalue weighted by Crippen LogP contribution is 2.62. The number of rotatable bonds is 7. The molecule has 5 heteroatoms. The van der Waals surface area contributed by atoms with Crippen LogP contribution >= 0.6 is 0 Å². The Morgan fingerprint density at radius 3 is 2.55 bits per heavy atom. The van der Waals surface area contributed by atoms with Crippen LogP contribution in [-0.4, -0.2) is 18.2 Å². The largest absolute Gasteiger partial charge is 0.497 e. The Morgan fingerprint density at radius 1 is 1.03 bits per heavy atom. The molecule has 3 atom stereocenters. The van der Waals surface area contributed by atoms with E-state index in [0.29, 0.717) is 23.8 Å². The molecule has 2 saturated carbocycles. The van der Waals surface area contributed by atoms with Crippen molar-refractivity contribution in [3.05, 3.63) is 82.7 Å². The maximum absolute atomic E-state index is 15.1. The quantitative estimate of drug-likeness (QED) is 0.352. The van der Waals surface area contributed by atoms with Gasteiger partial charge in [0.2, 0.25) is 0 Å². The topological polar surface area (TPSA) is 55.8 Å². The lowest BCUT2D eigenvalue weighted by atomic mass is 9.75. The van der Waals surface area contributed by atoms with Crippen LogP contribution in [0.3, 0.4) is 0 Å². The summed E-state index contributed by atoms with van der Waals surface area (Å²) in [7, 11) is 1.60. The van der Waals surface area contributed by atoms with Crippen LogP contribution < -0.4 is 9.47 Å². The van der Waals surface area contributed by atoms with Crippen LogP contribution in [0, 0.1) is 17.2 Å². The molecule has 4 nitrogen and oxygen atoms in total. The van der Waals surface area contributed by atoms with E-state index in [2.05, 4.69) is 32.0 Å². The Bertz CT molecular complexity index is 1410. The van der Waals surface area contributed by atoms with Crippen molar-refractivity contribution in [3.63, 3.8) is 0 Å². The molecule has 3 aromatic carbocycles. The monoisotopic (exact) mass is 514 g/mol. The molecule has 0 radical (unpaired) electrons. The first-order valence-corrected chi connectivity index (χ1v) is 13.7. The van der Waals surface area contributed by atoms with Gasteiger partial charge in [-0.15, -0.1) is 0 Å². The number of aliphatic carboxylic acids is 1. The van der Waals surface area contributed by atoms with Gasteiger partial charge >= 0.3 is 5.97 Å². The molecule has 3 aliphatic rings. The van der Waals surface area contributed by atoms with Gasteiger partial charge in [-0.25, -0.2) is 4.39 Å². The van der Waals surface area contributed by atoms with E-state index in [1.807, 2.05) is 18.2 Å². The van der Waals surface area contributed by atoms with Crippen molar-refractivity contribution in [1.29, 1.82) is 0 Å². The number of halogens is 1. The SMILES string of the molecule is COc1ccc(F)c(-c2ccc(COc3ccc4c(c3)[C@@]3(CC4)C[C@@H]3C(=O)O)cc2[C@@H]2CCCC2(C)C)c1. The molecule has 3 aromatic rings. The lowest BCUT2D eigenvalue weighted by Gasteiger charge is -2.30. The minimum absolute atomic E-state index is 0.128. The third kappa shape index (κ3) is 4.16. The van der Waals surface area contributed by atoms with E-state index in [0.717, 1.165) is 66.5 Å². The summed E-state index contributed by atoms with van der Waals surface area (Å²) < 4.78 is 26.7. The Kier molecular flexibility index (Phi) is 6.01. The van der Waals surface area contributed by atoms with Gasteiger partial charge in [0.05, 0.1) is 13.0 Å². The van der Waals surface area contributed by atoms with Crippen LogP contribution in [0.15, 0.2) is 54.6 Å². The summed E-state index contributed by atoms with van der Waals surface area (Å²) in [4.78, 5) is 11.6. The van der Waals surface area contributed by atoms with Gasteiger partial charge in [0.1, 0.15) is 23.9 Å². The fourth-order valence-corrected chi connectivity index (χ4v) is 7.17. The first kappa shape index (κ1) is 25.0. The van der Waals surface area contributed by atoms with Crippen molar-refractivity contribution < 1.29 is 23.8 Å². The summed E-state index contributed by atoms with van der Waals surface area (Å²) in [5, 5.41) is 9.57. The number of fused-ring (bicyclic) bond motifs is 2. The van der Waals surface area contributed by atoms with Gasteiger partial charge in [0.15, 0.2) is 0 Å². The van der Waals surface area contributed by atoms with E-state index in [4.69, 9.17) is 9.47 Å². The average molecular weight is 515 g/mol. The van der Waals surface area contributed by atoms with Crippen LogP contribution in [-0.2, 0) is 23.2 Å². The maximum Gasteiger partial charge on any atom is 0.307 e. The fourth-order valence-electron chi connectivity index (χ4n) is 7.17. The van der Waals surface area contributed by atoms with Crippen molar-refractivity contribution >= 4 is 5.97 Å². The minimum Gasteiger partial charge on any atom is -0.497 e. The van der Waals surface area contributed by atoms with Crippen molar-refractivity contribution in [2.24, 2.45) is 11.3 Å². The van der Waals surface area contributed by atoms with Gasteiger partial charge in [-0.2, -0.15) is 0 Å². The smallest absolute Gasteiger partial charge is 0.307 e. The summed E-state index contributed by atoms with van der Waals surface area (Å²) in [5.74, 6) is 0.511. The number of methoxy groups -OCH3 is 1. The Labute approximate surface area is 223 Å². The van der Waals surface area contributed by atoms with E-state index < -0.39 is 5.97 Å². The zero-order valence-electron chi connectivity index (χ0n) is 22.4. The number of ether oxygens (including phenoxy) is 2. The second-order valence-electron chi connectivity index (χ2n) is 12.1. The molecule has 2 fully saturated rings. The van der Waals surface area contributed by atoms with E-state index in [1.165, 1.54) is 11.6 Å². The Morgan fingerprint density at radius 2 is 1.84 bits per heavy atom. The second kappa shape index (κ2) is 9.14. The van der Waals surface area contributed by atoms with Crippen molar-refractivity contribution in [1.82, 2.24) is 0 Å².